The van der Waals surface area contributed by atoms with Gasteiger partial charge < -0.3 is 0 Å². The predicted octanol–water partition coefficient (Wildman–Crippen LogP) is 2.30. The third-order valence-electron chi connectivity index (χ3n) is 2.97. The van der Waals surface area contributed by atoms with Crippen LogP contribution in [-0.4, -0.2) is 23.2 Å². The first-order valence-corrected chi connectivity index (χ1v) is 8.16. The van der Waals surface area contributed by atoms with Gasteiger partial charge in [-0.1, -0.05) is 0 Å². The van der Waals surface area contributed by atoms with E-state index in [-0.39, 0.29) is 10.7 Å². The van der Waals surface area contributed by atoms with Crippen molar-refractivity contribution < 1.29 is 8.42 Å². The van der Waals surface area contributed by atoms with Crippen LogP contribution in [-0.2, 0) is 17.1 Å². The Morgan fingerprint density at radius 3 is 2.35 bits per heavy atom. The zero-order valence-corrected chi connectivity index (χ0v) is 14.0. The molecule has 20 heavy (non-hydrogen) atoms. The maximum Gasteiger partial charge on any atom is 0.266 e. The van der Waals surface area contributed by atoms with E-state index in [9.17, 15) is 8.42 Å². The summed E-state index contributed by atoms with van der Waals surface area (Å²) in [4.78, 5) is 4.38. The lowest BCUT2D eigenvalue weighted by molar-refractivity contribution is 0.599. The van der Waals surface area contributed by atoms with Gasteiger partial charge in [0.05, 0.1) is 17.1 Å². The van der Waals surface area contributed by atoms with Crippen molar-refractivity contribution in [1.29, 1.82) is 0 Å². The summed E-state index contributed by atoms with van der Waals surface area (Å²) < 4.78 is 29.7. The van der Waals surface area contributed by atoms with Gasteiger partial charge in [0.25, 0.3) is 10.0 Å². The predicted molar refractivity (Wildman–Crippen MR) is 80.2 cm³/mol. The molecule has 0 saturated heterocycles. The number of nitrogens with zero attached hydrogens (tertiary/aromatic N) is 3. The molecule has 6 nitrogen and oxygen atoms in total. The van der Waals surface area contributed by atoms with Crippen molar-refractivity contribution in [3.63, 3.8) is 0 Å². The van der Waals surface area contributed by atoms with Crippen LogP contribution in [0.1, 0.15) is 17.1 Å². The van der Waals surface area contributed by atoms with Gasteiger partial charge in [-0.25, -0.2) is 13.4 Å². The number of rotatable bonds is 3. The van der Waals surface area contributed by atoms with Gasteiger partial charge in [-0.2, -0.15) is 5.10 Å². The van der Waals surface area contributed by atoms with Crippen molar-refractivity contribution in [2.24, 2.45) is 7.05 Å². The summed E-state index contributed by atoms with van der Waals surface area (Å²) in [6.07, 6.45) is 0. The second-order valence-corrected chi connectivity index (χ2v) is 6.97. The maximum atomic E-state index is 12.4. The lowest BCUT2D eigenvalue weighted by Gasteiger charge is -2.09. The van der Waals surface area contributed by atoms with Crippen LogP contribution in [0.25, 0.3) is 0 Å². The second-order valence-electron chi connectivity index (χ2n) is 4.49. The number of sulfonamides is 1. The number of halogens is 1. The van der Waals surface area contributed by atoms with Gasteiger partial charge in [0, 0.05) is 11.5 Å². The molecule has 0 spiro atoms. The molecule has 0 fully saturated rings. The van der Waals surface area contributed by atoms with Gasteiger partial charge in [0.1, 0.15) is 10.7 Å². The first-order valence-electron chi connectivity index (χ1n) is 5.88. The molecule has 2 rings (SSSR count). The average Bonchev–Trinajstić information content (AvgIpc) is 2.58. The van der Waals surface area contributed by atoms with Crippen LogP contribution in [0, 0.1) is 20.8 Å². The fourth-order valence-corrected chi connectivity index (χ4v) is 3.60. The van der Waals surface area contributed by atoms with Crippen LogP contribution in [0.5, 0.6) is 0 Å². The van der Waals surface area contributed by atoms with Crippen LogP contribution in [0.2, 0.25) is 0 Å². The molecule has 2 aromatic heterocycles. The van der Waals surface area contributed by atoms with Gasteiger partial charge in [-0.05, 0) is 48.8 Å². The molecule has 108 valence electrons. The van der Waals surface area contributed by atoms with Gasteiger partial charge in [0.2, 0.25) is 0 Å². The van der Waals surface area contributed by atoms with Crippen LogP contribution >= 0.6 is 15.9 Å². The molecule has 0 radical (unpaired) electrons. The number of hydrogen-bond acceptors (Lipinski definition) is 4. The molecule has 8 heteroatoms. The van der Waals surface area contributed by atoms with E-state index in [1.165, 1.54) is 0 Å². The van der Waals surface area contributed by atoms with Crippen molar-refractivity contribution in [1.82, 2.24) is 14.8 Å². The minimum atomic E-state index is -3.69. The number of aryl methyl sites for hydroxylation is 3. The molecule has 2 aromatic rings. The van der Waals surface area contributed by atoms with E-state index in [0.717, 1.165) is 4.47 Å². The molecule has 0 atom stereocenters. The minimum absolute atomic E-state index is 0.197. The summed E-state index contributed by atoms with van der Waals surface area (Å²) in [5, 5.41) is 4.12. The van der Waals surface area contributed by atoms with E-state index in [0.29, 0.717) is 17.1 Å². The van der Waals surface area contributed by atoms with Gasteiger partial charge in [-0.3, -0.25) is 9.40 Å². The molecule has 0 aliphatic rings. The van der Waals surface area contributed by atoms with E-state index in [2.05, 4.69) is 30.7 Å². The summed E-state index contributed by atoms with van der Waals surface area (Å²) in [6.45, 7) is 5.18. The van der Waals surface area contributed by atoms with E-state index >= 15 is 0 Å². The number of anilines is 1. The first kappa shape index (κ1) is 15.0. The Bertz CT molecular complexity index is 768. The Morgan fingerprint density at radius 1 is 1.20 bits per heavy atom. The number of hydrogen-bond donors (Lipinski definition) is 1. The molecular weight excluding hydrogens is 344 g/mol. The molecule has 0 amide bonds. The molecular formula is C12H15BrN4O2S. The smallest absolute Gasteiger partial charge is 0.266 e. The summed E-state index contributed by atoms with van der Waals surface area (Å²) in [5.74, 6) is 0.286. The largest absolute Gasteiger partial charge is 0.271 e. The molecule has 0 aromatic carbocycles. The fraction of sp³-hybridized carbons (Fsp3) is 0.333. The van der Waals surface area contributed by atoms with Gasteiger partial charge >= 0.3 is 0 Å². The fourth-order valence-electron chi connectivity index (χ4n) is 1.93. The Morgan fingerprint density at radius 2 is 1.85 bits per heavy atom. The number of nitrogens with one attached hydrogen (secondary N) is 1. The van der Waals surface area contributed by atoms with E-state index in [1.807, 2.05) is 0 Å². The van der Waals surface area contributed by atoms with E-state index in [1.54, 1.807) is 44.6 Å². The lowest BCUT2D eigenvalue weighted by atomic mass is 10.4. The molecule has 0 unspecified atom stereocenters. The van der Waals surface area contributed by atoms with Crippen LogP contribution in [0.4, 0.5) is 5.82 Å². The quantitative estimate of drug-likeness (QED) is 0.912. The van der Waals surface area contributed by atoms with Crippen molar-refractivity contribution in [3.05, 3.63) is 33.7 Å². The Balaban J connectivity index is 2.43. The normalized spacial score (nSPS) is 11.7. The molecule has 0 aliphatic heterocycles. The Kier molecular flexibility index (Phi) is 3.88. The van der Waals surface area contributed by atoms with E-state index < -0.39 is 10.0 Å². The maximum absolute atomic E-state index is 12.4. The van der Waals surface area contributed by atoms with Gasteiger partial charge in [0.15, 0.2) is 0 Å². The third-order valence-corrected chi connectivity index (χ3v) is 5.42. The van der Waals surface area contributed by atoms with Crippen molar-refractivity contribution in [2.75, 3.05) is 4.72 Å². The SMILES string of the molecule is Cc1nc(NS(=O)(=O)c2c(C)nn(C)c2C)ccc1Br. The Labute approximate surface area is 126 Å². The molecule has 0 saturated carbocycles. The van der Waals surface area contributed by atoms with E-state index in [4.69, 9.17) is 0 Å². The van der Waals surface area contributed by atoms with Crippen molar-refractivity contribution in [3.8, 4) is 0 Å². The van der Waals surface area contributed by atoms with Crippen LogP contribution < -0.4 is 4.72 Å². The zero-order valence-electron chi connectivity index (χ0n) is 11.6. The third kappa shape index (κ3) is 2.71. The topological polar surface area (TPSA) is 76.9 Å². The highest BCUT2D eigenvalue weighted by molar-refractivity contribution is 9.10. The number of pyridine rings is 1. The standard InChI is InChI=1S/C12H15BrN4O2S/c1-7-10(13)5-6-11(14-7)16-20(18,19)12-8(2)15-17(4)9(12)3/h5-6H,1-4H3,(H,14,16). The first-order chi connectivity index (χ1) is 9.22. The highest BCUT2D eigenvalue weighted by Gasteiger charge is 2.24. The lowest BCUT2D eigenvalue weighted by Crippen LogP contribution is -2.16. The molecule has 0 bridgehead atoms. The summed E-state index contributed by atoms with van der Waals surface area (Å²) in [7, 11) is -1.98. The monoisotopic (exact) mass is 358 g/mol. The van der Waals surface area contributed by atoms with Crippen LogP contribution in [0.3, 0.4) is 0 Å². The number of aromatic nitrogens is 3. The Hall–Kier alpha value is -1.41. The molecule has 2 heterocycles. The average molecular weight is 359 g/mol. The highest BCUT2D eigenvalue weighted by atomic mass is 79.9. The van der Waals surface area contributed by atoms with Crippen molar-refractivity contribution in [2.45, 2.75) is 25.7 Å². The van der Waals surface area contributed by atoms with Crippen LogP contribution in [0.15, 0.2) is 21.5 Å². The molecule has 0 aliphatic carbocycles. The van der Waals surface area contributed by atoms with Crippen molar-refractivity contribution >= 4 is 31.8 Å². The van der Waals surface area contributed by atoms with Gasteiger partial charge in [-0.15, -0.1) is 0 Å². The minimum Gasteiger partial charge on any atom is -0.271 e. The highest BCUT2D eigenvalue weighted by Crippen LogP contribution is 2.22. The summed E-state index contributed by atoms with van der Waals surface area (Å²) in [6, 6.07) is 3.36. The zero-order chi connectivity index (χ0) is 15.1. The second kappa shape index (κ2) is 5.17. The summed E-state index contributed by atoms with van der Waals surface area (Å²) >= 11 is 3.33. The molecule has 1 N–H and O–H groups in total. The summed E-state index contributed by atoms with van der Waals surface area (Å²) in [5.41, 5.74) is 1.76.